The Kier molecular flexibility index (Phi) is 5.60. The van der Waals surface area contributed by atoms with E-state index >= 15 is 0 Å². The predicted octanol–water partition coefficient (Wildman–Crippen LogP) is 4.12. The highest BCUT2D eigenvalue weighted by Crippen LogP contribution is 2.38. The molecule has 20 heavy (non-hydrogen) atoms. The Morgan fingerprint density at radius 1 is 1.25 bits per heavy atom. The van der Waals surface area contributed by atoms with Gasteiger partial charge in [0.1, 0.15) is 11.9 Å². The molecule has 1 saturated carbocycles. The Morgan fingerprint density at radius 2 is 1.90 bits per heavy atom. The highest BCUT2D eigenvalue weighted by Gasteiger charge is 2.26. The topological polar surface area (TPSA) is 47.0 Å². The van der Waals surface area contributed by atoms with Crippen LogP contribution < -0.4 is 5.32 Å². The van der Waals surface area contributed by atoms with E-state index in [0.717, 1.165) is 11.6 Å². The Bertz CT molecular complexity index is 459. The first-order valence-corrected chi connectivity index (χ1v) is 8.44. The summed E-state index contributed by atoms with van der Waals surface area (Å²) in [5, 5.41) is 3.20. The summed E-state index contributed by atoms with van der Waals surface area (Å²) in [5.41, 5.74) is 1.21. The molecule has 2 rings (SSSR count). The maximum absolute atomic E-state index is 5.60. The van der Waals surface area contributed by atoms with E-state index in [1.807, 2.05) is 7.05 Å². The van der Waals surface area contributed by atoms with Crippen LogP contribution in [0.4, 0.5) is 5.82 Å². The summed E-state index contributed by atoms with van der Waals surface area (Å²) in [6.07, 6.45) is 5.07. The summed E-state index contributed by atoms with van der Waals surface area (Å²) in [4.78, 5) is 9.53. The second kappa shape index (κ2) is 7.02. The third kappa shape index (κ3) is 3.24. The number of aromatic nitrogens is 2. The van der Waals surface area contributed by atoms with Gasteiger partial charge in [0.25, 0.3) is 0 Å². The van der Waals surface area contributed by atoms with Gasteiger partial charge in [-0.25, -0.2) is 9.97 Å². The molecule has 1 heterocycles. The Morgan fingerprint density at radius 3 is 2.40 bits per heavy atom. The van der Waals surface area contributed by atoms with Gasteiger partial charge in [0.2, 0.25) is 0 Å². The highest BCUT2D eigenvalue weighted by atomic mass is 127. The average Bonchev–Trinajstić information content (AvgIpc) is 2.94. The maximum atomic E-state index is 5.60. The minimum Gasteiger partial charge on any atom is -0.373 e. The zero-order valence-electron chi connectivity index (χ0n) is 12.7. The smallest absolute Gasteiger partial charge is 0.160 e. The molecule has 0 saturated heterocycles. The lowest BCUT2D eigenvalue weighted by Crippen LogP contribution is -2.17. The van der Waals surface area contributed by atoms with Crippen LogP contribution in [0.15, 0.2) is 0 Å². The molecule has 0 aliphatic heterocycles. The molecular weight excluding hydrogens is 365 g/mol. The number of hydrogen-bond donors (Lipinski definition) is 1. The third-order valence-corrected chi connectivity index (χ3v) is 5.05. The zero-order valence-corrected chi connectivity index (χ0v) is 14.9. The predicted molar refractivity (Wildman–Crippen MR) is 90.1 cm³/mol. The molecular formula is C15H24IN3O. The second-order valence-electron chi connectivity index (χ2n) is 5.76. The molecule has 0 bridgehead atoms. The normalized spacial score (nSPS) is 17.7. The number of hydrogen-bond acceptors (Lipinski definition) is 4. The van der Waals surface area contributed by atoms with Gasteiger partial charge in [0.05, 0.1) is 9.26 Å². The van der Waals surface area contributed by atoms with Gasteiger partial charge in [-0.05, 0) is 41.4 Å². The molecule has 1 fully saturated rings. The fourth-order valence-corrected chi connectivity index (χ4v) is 3.87. The molecule has 1 aromatic rings. The van der Waals surface area contributed by atoms with Gasteiger partial charge < -0.3 is 10.1 Å². The van der Waals surface area contributed by atoms with Crippen molar-refractivity contribution in [1.29, 1.82) is 0 Å². The van der Waals surface area contributed by atoms with Crippen molar-refractivity contribution in [3.05, 3.63) is 15.1 Å². The van der Waals surface area contributed by atoms with Gasteiger partial charge in [-0.2, -0.15) is 0 Å². The van der Waals surface area contributed by atoms with Crippen LogP contribution in [0.25, 0.3) is 0 Å². The lowest BCUT2D eigenvalue weighted by molar-refractivity contribution is 0.0573. The Balaban J connectivity index is 2.45. The van der Waals surface area contributed by atoms with Crippen LogP contribution in [0, 0.1) is 9.49 Å². The zero-order chi connectivity index (χ0) is 14.7. The van der Waals surface area contributed by atoms with Crippen LogP contribution >= 0.6 is 22.6 Å². The van der Waals surface area contributed by atoms with E-state index in [2.05, 4.69) is 46.7 Å². The third-order valence-electron chi connectivity index (χ3n) is 3.99. The average molecular weight is 389 g/mol. The molecule has 1 atom stereocenters. The fourth-order valence-electron chi connectivity index (χ4n) is 2.92. The van der Waals surface area contributed by atoms with Crippen molar-refractivity contribution < 1.29 is 4.74 Å². The lowest BCUT2D eigenvalue weighted by Gasteiger charge is -2.21. The van der Waals surface area contributed by atoms with Crippen molar-refractivity contribution in [1.82, 2.24) is 9.97 Å². The van der Waals surface area contributed by atoms with Crippen molar-refractivity contribution in [2.75, 3.05) is 19.5 Å². The number of halogens is 1. The van der Waals surface area contributed by atoms with E-state index < -0.39 is 0 Å². The number of anilines is 1. The summed E-state index contributed by atoms with van der Waals surface area (Å²) < 4.78 is 6.77. The van der Waals surface area contributed by atoms with E-state index in [1.165, 1.54) is 34.9 Å². The van der Waals surface area contributed by atoms with E-state index in [4.69, 9.17) is 9.72 Å². The van der Waals surface area contributed by atoms with Gasteiger partial charge >= 0.3 is 0 Å². The molecule has 1 aromatic heterocycles. The van der Waals surface area contributed by atoms with Crippen molar-refractivity contribution in [2.45, 2.75) is 51.6 Å². The van der Waals surface area contributed by atoms with Crippen molar-refractivity contribution in [3.8, 4) is 0 Å². The summed E-state index contributed by atoms with van der Waals surface area (Å²) in [6.45, 7) is 4.29. The molecule has 1 aliphatic rings. The molecule has 0 amide bonds. The van der Waals surface area contributed by atoms with Crippen LogP contribution in [0.2, 0.25) is 0 Å². The molecule has 0 spiro atoms. The number of ether oxygens (including phenoxy) is 1. The van der Waals surface area contributed by atoms with Crippen molar-refractivity contribution in [2.24, 2.45) is 5.92 Å². The SMILES string of the molecule is CNc1nc(C(OC)C(C)C)nc(C2CCCC2)c1I. The fraction of sp³-hybridized carbons (Fsp3) is 0.733. The van der Waals surface area contributed by atoms with Crippen molar-refractivity contribution >= 4 is 28.4 Å². The number of nitrogens with one attached hydrogen (secondary N) is 1. The summed E-state index contributed by atoms with van der Waals surface area (Å²) >= 11 is 2.37. The number of rotatable bonds is 5. The van der Waals surface area contributed by atoms with E-state index in [-0.39, 0.29) is 6.10 Å². The van der Waals surface area contributed by atoms with Crippen LogP contribution in [0.1, 0.15) is 63.1 Å². The maximum Gasteiger partial charge on any atom is 0.160 e. The van der Waals surface area contributed by atoms with Crippen LogP contribution in [0.5, 0.6) is 0 Å². The number of methoxy groups -OCH3 is 1. The van der Waals surface area contributed by atoms with Crippen LogP contribution in [0.3, 0.4) is 0 Å². The van der Waals surface area contributed by atoms with Gasteiger partial charge in [0, 0.05) is 20.1 Å². The van der Waals surface area contributed by atoms with Gasteiger partial charge in [0.15, 0.2) is 5.82 Å². The molecule has 0 aromatic carbocycles. The quantitative estimate of drug-likeness (QED) is 0.770. The van der Waals surface area contributed by atoms with Gasteiger partial charge in [-0.3, -0.25) is 0 Å². The highest BCUT2D eigenvalue weighted by molar-refractivity contribution is 14.1. The molecule has 4 nitrogen and oxygen atoms in total. The van der Waals surface area contributed by atoms with E-state index in [9.17, 15) is 0 Å². The Hall–Kier alpha value is -0.430. The molecule has 1 unspecified atom stereocenters. The first-order chi connectivity index (χ1) is 9.58. The van der Waals surface area contributed by atoms with Gasteiger partial charge in [-0.1, -0.05) is 26.7 Å². The Labute approximate surface area is 135 Å². The first kappa shape index (κ1) is 15.9. The molecule has 1 N–H and O–H groups in total. The molecule has 5 heteroatoms. The van der Waals surface area contributed by atoms with Crippen LogP contribution in [-0.4, -0.2) is 24.1 Å². The first-order valence-electron chi connectivity index (χ1n) is 7.36. The minimum absolute atomic E-state index is 0.0424. The monoisotopic (exact) mass is 389 g/mol. The summed E-state index contributed by atoms with van der Waals surface area (Å²) in [5.74, 6) is 2.69. The van der Waals surface area contributed by atoms with Gasteiger partial charge in [-0.15, -0.1) is 0 Å². The number of nitrogens with zero attached hydrogens (tertiary/aromatic N) is 2. The van der Waals surface area contributed by atoms with E-state index in [1.54, 1.807) is 7.11 Å². The summed E-state index contributed by atoms with van der Waals surface area (Å²) in [7, 11) is 3.66. The second-order valence-corrected chi connectivity index (χ2v) is 6.84. The van der Waals surface area contributed by atoms with Crippen LogP contribution in [-0.2, 0) is 4.74 Å². The molecule has 1 aliphatic carbocycles. The minimum atomic E-state index is -0.0424. The van der Waals surface area contributed by atoms with E-state index in [0.29, 0.717) is 11.8 Å². The largest absolute Gasteiger partial charge is 0.373 e. The summed E-state index contributed by atoms with van der Waals surface area (Å²) in [6, 6.07) is 0. The lowest BCUT2D eigenvalue weighted by atomic mass is 10.0. The molecule has 0 radical (unpaired) electrons. The molecule has 112 valence electrons. The van der Waals surface area contributed by atoms with Crippen molar-refractivity contribution in [3.63, 3.8) is 0 Å². The standard InChI is InChI=1S/C15H24IN3O/c1-9(2)13(20-4)15-18-12(10-7-5-6-8-10)11(16)14(17-3)19-15/h9-10,13H,5-8H2,1-4H3,(H,17,18,19).